The van der Waals surface area contributed by atoms with Crippen LogP contribution < -0.4 is 5.32 Å². The second kappa shape index (κ2) is 10.6. The summed E-state index contributed by atoms with van der Waals surface area (Å²) in [6, 6.07) is 0. The predicted octanol–water partition coefficient (Wildman–Crippen LogP) is 3.10. The summed E-state index contributed by atoms with van der Waals surface area (Å²) in [6.07, 6.45) is 7.19. The first kappa shape index (κ1) is 23.2. The Morgan fingerprint density at radius 1 is 1.00 bits per heavy atom. The summed E-state index contributed by atoms with van der Waals surface area (Å²) in [7, 11) is 0. The number of hydrogen-bond donors (Lipinski definition) is 1. The van der Waals surface area contributed by atoms with Crippen LogP contribution in [-0.2, 0) is 14.3 Å². The topological polar surface area (TPSA) is 79.0 Å². The highest BCUT2D eigenvalue weighted by Crippen LogP contribution is 2.30. The first-order chi connectivity index (χ1) is 13.7. The molecule has 0 radical (unpaired) electrons. The van der Waals surface area contributed by atoms with Gasteiger partial charge in [-0.25, -0.2) is 4.79 Å². The summed E-state index contributed by atoms with van der Waals surface area (Å²) in [5, 5.41) is 2.62. The molecule has 2 fully saturated rings. The molecule has 0 spiro atoms. The SMILES string of the molecule is C/C(=C\C(=O)N1CCCN(C(=O)CCNC(=O)OC(C)(C)C)CC1)C1CCCC1. The Bertz CT molecular complexity index is 618. The molecule has 2 rings (SSSR count). The van der Waals surface area contributed by atoms with Crippen LogP contribution in [0.3, 0.4) is 0 Å². The largest absolute Gasteiger partial charge is 0.444 e. The van der Waals surface area contributed by atoms with Gasteiger partial charge in [0.2, 0.25) is 11.8 Å². The van der Waals surface area contributed by atoms with Gasteiger partial charge in [-0.2, -0.15) is 0 Å². The van der Waals surface area contributed by atoms with E-state index in [9.17, 15) is 14.4 Å². The molecule has 7 nitrogen and oxygen atoms in total. The minimum absolute atomic E-state index is 0.00645. The van der Waals surface area contributed by atoms with Crippen LogP contribution in [0.5, 0.6) is 0 Å². The van der Waals surface area contributed by atoms with Gasteiger partial charge in [-0.15, -0.1) is 0 Å². The van der Waals surface area contributed by atoms with Gasteiger partial charge in [-0.05, 0) is 52.9 Å². The number of nitrogens with zero attached hydrogens (tertiary/aromatic N) is 2. The summed E-state index contributed by atoms with van der Waals surface area (Å²) in [6.45, 7) is 10.1. The summed E-state index contributed by atoms with van der Waals surface area (Å²) in [4.78, 5) is 40.4. The monoisotopic (exact) mass is 407 g/mol. The number of alkyl carbamates (subject to hydrolysis) is 1. The van der Waals surface area contributed by atoms with Crippen LogP contribution in [-0.4, -0.2) is 66.0 Å². The third-order valence-corrected chi connectivity index (χ3v) is 5.52. The lowest BCUT2D eigenvalue weighted by Crippen LogP contribution is -2.39. The molecule has 0 aromatic carbocycles. The second-order valence-electron chi connectivity index (χ2n) is 9.11. The van der Waals surface area contributed by atoms with Crippen LogP contribution in [0.25, 0.3) is 0 Å². The van der Waals surface area contributed by atoms with Gasteiger partial charge in [0.05, 0.1) is 0 Å². The number of nitrogens with one attached hydrogen (secondary N) is 1. The Hall–Kier alpha value is -2.05. The zero-order valence-electron chi connectivity index (χ0n) is 18.5. The average Bonchev–Trinajstić information content (AvgIpc) is 3.04. The average molecular weight is 408 g/mol. The molecule has 1 N–H and O–H groups in total. The molecule has 1 heterocycles. The lowest BCUT2D eigenvalue weighted by atomic mass is 9.98. The van der Waals surface area contributed by atoms with Crippen molar-refractivity contribution in [3.05, 3.63) is 11.6 Å². The molecule has 0 unspecified atom stereocenters. The molecule has 1 saturated carbocycles. The number of ether oxygens (including phenoxy) is 1. The van der Waals surface area contributed by atoms with E-state index >= 15 is 0 Å². The molecule has 29 heavy (non-hydrogen) atoms. The van der Waals surface area contributed by atoms with Gasteiger partial charge in [-0.1, -0.05) is 18.4 Å². The quantitative estimate of drug-likeness (QED) is 0.710. The van der Waals surface area contributed by atoms with Crippen LogP contribution in [0, 0.1) is 5.92 Å². The van der Waals surface area contributed by atoms with E-state index in [4.69, 9.17) is 4.74 Å². The third-order valence-electron chi connectivity index (χ3n) is 5.52. The Kier molecular flexibility index (Phi) is 8.53. The summed E-state index contributed by atoms with van der Waals surface area (Å²) < 4.78 is 5.17. The van der Waals surface area contributed by atoms with Gasteiger partial charge in [0, 0.05) is 45.2 Å². The van der Waals surface area contributed by atoms with Gasteiger partial charge in [0.1, 0.15) is 5.60 Å². The highest BCUT2D eigenvalue weighted by Gasteiger charge is 2.23. The van der Waals surface area contributed by atoms with Crippen molar-refractivity contribution in [1.29, 1.82) is 0 Å². The third kappa shape index (κ3) is 8.07. The molecule has 0 aromatic rings. The molecule has 0 aromatic heterocycles. The van der Waals surface area contributed by atoms with Crippen molar-refractivity contribution in [2.24, 2.45) is 5.92 Å². The van der Waals surface area contributed by atoms with Gasteiger partial charge in [0.15, 0.2) is 0 Å². The number of hydrogen-bond acceptors (Lipinski definition) is 4. The van der Waals surface area contributed by atoms with Crippen LogP contribution in [0.2, 0.25) is 0 Å². The van der Waals surface area contributed by atoms with Gasteiger partial charge >= 0.3 is 6.09 Å². The fourth-order valence-corrected chi connectivity index (χ4v) is 3.92. The molecule has 1 saturated heterocycles. The van der Waals surface area contributed by atoms with E-state index in [1.807, 2.05) is 4.90 Å². The zero-order valence-corrected chi connectivity index (χ0v) is 18.5. The number of carbonyl (C=O) groups is 3. The van der Waals surface area contributed by atoms with Crippen molar-refractivity contribution < 1.29 is 19.1 Å². The van der Waals surface area contributed by atoms with Gasteiger partial charge < -0.3 is 19.9 Å². The summed E-state index contributed by atoms with van der Waals surface area (Å²) >= 11 is 0. The predicted molar refractivity (Wildman–Crippen MR) is 112 cm³/mol. The van der Waals surface area contributed by atoms with Crippen molar-refractivity contribution >= 4 is 17.9 Å². The van der Waals surface area contributed by atoms with Crippen molar-refractivity contribution in [3.63, 3.8) is 0 Å². The Morgan fingerprint density at radius 3 is 2.28 bits per heavy atom. The molecule has 7 heteroatoms. The van der Waals surface area contributed by atoms with E-state index in [1.54, 1.807) is 31.7 Å². The fraction of sp³-hybridized carbons (Fsp3) is 0.773. The van der Waals surface area contributed by atoms with E-state index in [1.165, 1.54) is 31.3 Å². The maximum absolute atomic E-state index is 12.6. The van der Waals surface area contributed by atoms with Crippen molar-refractivity contribution in [2.45, 2.75) is 71.8 Å². The van der Waals surface area contributed by atoms with Crippen molar-refractivity contribution in [3.8, 4) is 0 Å². The van der Waals surface area contributed by atoms with Crippen LogP contribution in [0.1, 0.15) is 66.2 Å². The fourth-order valence-electron chi connectivity index (χ4n) is 3.92. The van der Waals surface area contributed by atoms with Gasteiger partial charge in [0.25, 0.3) is 0 Å². The molecule has 3 amide bonds. The Labute approximate surface area is 174 Å². The number of allylic oxidation sites excluding steroid dienone is 1. The van der Waals surface area contributed by atoms with Gasteiger partial charge in [-0.3, -0.25) is 9.59 Å². The maximum Gasteiger partial charge on any atom is 0.407 e. The zero-order chi connectivity index (χ0) is 21.4. The molecule has 164 valence electrons. The molecular weight excluding hydrogens is 370 g/mol. The van der Waals surface area contributed by atoms with Crippen LogP contribution in [0.15, 0.2) is 11.6 Å². The highest BCUT2D eigenvalue weighted by atomic mass is 16.6. The molecule has 2 aliphatic rings. The first-order valence-corrected chi connectivity index (χ1v) is 10.9. The minimum atomic E-state index is -0.556. The van der Waals surface area contributed by atoms with Crippen molar-refractivity contribution in [1.82, 2.24) is 15.1 Å². The molecular formula is C22H37N3O4. The molecule has 0 atom stereocenters. The van der Waals surface area contributed by atoms with Crippen LogP contribution >= 0.6 is 0 Å². The van der Waals surface area contributed by atoms with E-state index in [0.29, 0.717) is 32.1 Å². The summed E-state index contributed by atoms with van der Waals surface area (Å²) in [5.41, 5.74) is 0.636. The number of amides is 3. The maximum atomic E-state index is 12.6. The van der Waals surface area contributed by atoms with E-state index < -0.39 is 11.7 Å². The molecule has 0 bridgehead atoms. The van der Waals surface area contributed by atoms with Crippen LogP contribution in [0.4, 0.5) is 4.79 Å². The van der Waals surface area contributed by atoms with E-state index in [2.05, 4.69) is 12.2 Å². The smallest absolute Gasteiger partial charge is 0.407 e. The Morgan fingerprint density at radius 2 is 1.62 bits per heavy atom. The highest BCUT2D eigenvalue weighted by molar-refractivity contribution is 5.88. The van der Waals surface area contributed by atoms with E-state index in [0.717, 1.165) is 6.42 Å². The standard InChI is InChI=1S/C22H37N3O4/c1-17(18-8-5-6-9-18)16-20(27)25-13-7-12-24(14-15-25)19(26)10-11-23-21(28)29-22(2,3)4/h16,18H,5-15H2,1-4H3,(H,23,28)/b17-16+. The molecule has 1 aliphatic heterocycles. The summed E-state index contributed by atoms with van der Waals surface area (Å²) in [5.74, 6) is 0.616. The lowest BCUT2D eigenvalue weighted by Gasteiger charge is -2.22. The first-order valence-electron chi connectivity index (χ1n) is 10.9. The number of carbonyl (C=O) groups excluding carboxylic acids is 3. The molecule has 1 aliphatic carbocycles. The minimum Gasteiger partial charge on any atom is -0.444 e. The second-order valence-corrected chi connectivity index (χ2v) is 9.11. The van der Waals surface area contributed by atoms with Crippen molar-refractivity contribution in [2.75, 3.05) is 32.7 Å². The number of rotatable bonds is 5. The lowest BCUT2D eigenvalue weighted by molar-refractivity contribution is -0.131. The normalized spacial score (nSPS) is 19.1. The Balaban J connectivity index is 1.75. The van der Waals surface area contributed by atoms with E-state index in [-0.39, 0.29) is 24.8 Å².